The van der Waals surface area contributed by atoms with Crippen LogP contribution in [0, 0.1) is 0 Å². The maximum atomic E-state index is 12.0. The highest BCUT2D eigenvalue weighted by molar-refractivity contribution is 6.01. The topological polar surface area (TPSA) is 76.8 Å². The van der Waals surface area contributed by atoms with Gasteiger partial charge in [-0.3, -0.25) is 4.79 Å². The van der Waals surface area contributed by atoms with Crippen LogP contribution in [0.5, 0.6) is 11.5 Å². The number of hydrogen-bond donors (Lipinski definition) is 1. The zero-order chi connectivity index (χ0) is 19.5. The molecule has 0 bridgehead atoms. The van der Waals surface area contributed by atoms with Crippen LogP contribution >= 0.6 is 0 Å². The number of carbonyl (C=O) groups is 1. The molecule has 4 rings (SSSR count). The summed E-state index contributed by atoms with van der Waals surface area (Å²) in [5.74, 6) is 1.90. The highest BCUT2D eigenvalue weighted by atomic mass is 16.5. The van der Waals surface area contributed by atoms with E-state index >= 15 is 0 Å². The van der Waals surface area contributed by atoms with Gasteiger partial charge in [0, 0.05) is 13.1 Å². The average molecular weight is 379 g/mol. The van der Waals surface area contributed by atoms with E-state index in [1.807, 2.05) is 12.1 Å². The maximum Gasteiger partial charge on any atom is 0.292 e. The van der Waals surface area contributed by atoms with Crippen molar-refractivity contribution < 1.29 is 18.7 Å². The normalized spacial score (nSPS) is 13.0. The first-order chi connectivity index (χ1) is 13.7. The van der Waals surface area contributed by atoms with Gasteiger partial charge in [0.15, 0.2) is 17.3 Å². The molecule has 3 aromatic rings. The van der Waals surface area contributed by atoms with Gasteiger partial charge < -0.3 is 24.1 Å². The summed E-state index contributed by atoms with van der Waals surface area (Å²) in [5, 5.41) is 2.73. The van der Waals surface area contributed by atoms with Crippen molar-refractivity contribution in [2.24, 2.45) is 0 Å². The van der Waals surface area contributed by atoms with Crippen LogP contribution in [0.4, 0.5) is 11.5 Å². The fourth-order valence-electron chi connectivity index (χ4n) is 3.34. The molecule has 0 radical (unpaired) electrons. The van der Waals surface area contributed by atoms with E-state index in [1.54, 1.807) is 38.6 Å². The number of aromatic nitrogens is 1. The number of methoxy groups -OCH3 is 2. The molecule has 0 saturated carbocycles. The van der Waals surface area contributed by atoms with E-state index < -0.39 is 0 Å². The minimum atomic E-state index is -0.321. The molecule has 7 nitrogen and oxygen atoms in total. The minimum Gasteiger partial charge on any atom is -0.493 e. The molecule has 0 spiro atoms. The van der Waals surface area contributed by atoms with E-state index in [-0.39, 0.29) is 11.7 Å². The number of amides is 1. The number of anilines is 2. The van der Waals surface area contributed by atoms with Crippen LogP contribution in [-0.4, -0.2) is 31.7 Å². The quantitative estimate of drug-likeness (QED) is 0.731. The zero-order valence-electron chi connectivity index (χ0n) is 15.8. The summed E-state index contributed by atoms with van der Waals surface area (Å²) in [6.07, 6.45) is 4.14. The summed E-state index contributed by atoms with van der Waals surface area (Å²) >= 11 is 0. The maximum absolute atomic E-state index is 12.0. The minimum absolute atomic E-state index is 0.253. The Bertz CT molecular complexity index is 968. The third kappa shape index (κ3) is 3.51. The average Bonchev–Trinajstić information content (AvgIpc) is 3.28. The predicted molar refractivity (Wildman–Crippen MR) is 105 cm³/mol. The first-order valence-corrected chi connectivity index (χ1v) is 8.97. The molecule has 1 N–H and O–H groups in total. The SMILES string of the molecule is COc1cc2c(cc1OC)CN(c1ccc(NC(=O)c3ccco3)nc1)CC2. The largest absolute Gasteiger partial charge is 0.493 e. The third-order valence-corrected chi connectivity index (χ3v) is 4.82. The first kappa shape index (κ1) is 17.9. The van der Waals surface area contributed by atoms with Crippen molar-refractivity contribution in [1.82, 2.24) is 4.98 Å². The van der Waals surface area contributed by atoms with Crippen LogP contribution in [0.1, 0.15) is 21.7 Å². The van der Waals surface area contributed by atoms with Crippen molar-refractivity contribution in [3.05, 3.63) is 65.7 Å². The van der Waals surface area contributed by atoms with E-state index in [4.69, 9.17) is 13.9 Å². The molecule has 1 amide bonds. The molecule has 1 aliphatic rings. The Kier molecular flexibility index (Phi) is 4.89. The predicted octanol–water partition coefficient (Wildman–Crippen LogP) is 3.51. The van der Waals surface area contributed by atoms with Crippen molar-refractivity contribution in [3.8, 4) is 11.5 Å². The number of rotatable bonds is 5. The van der Waals surface area contributed by atoms with E-state index in [9.17, 15) is 4.79 Å². The summed E-state index contributed by atoms with van der Waals surface area (Å²) in [6.45, 7) is 1.64. The van der Waals surface area contributed by atoms with Gasteiger partial charge in [-0.15, -0.1) is 0 Å². The number of hydrogen-bond acceptors (Lipinski definition) is 6. The standard InChI is InChI=1S/C21H21N3O4/c1-26-18-10-14-7-8-24(13-15(14)11-19(18)27-2)16-5-6-20(22-12-16)23-21(25)17-4-3-9-28-17/h3-6,9-12H,7-8,13H2,1-2H3,(H,22,23,25). The Labute approximate surface area is 162 Å². The molecule has 1 aliphatic heterocycles. The molecular weight excluding hydrogens is 358 g/mol. The van der Waals surface area contributed by atoms with E-state index in [0.717, 1.165) is 36.7 Å². The van der Waals surface area contributed by atoms with E-state index in [2.05, 4.69) is 21.3 Å². The summed E-state index contributed by atoms with van der Waals surface area (Å²) in [7, 11) is 3.29. The monoisotopic (exact) mass is 379 g/mol. The molecule has 2 aromatic heterocycles. The Hall–Kier alpha value is -3.48. The van der Waals surface area contributed by atoms with Crippen molar-refractivity contribution in [3.63, 3.8) is 0 Å². The smallest absolute Gasteiger partial charge is 0.292 e. The lowest BCUT2D eigenvalue weighted by molar-refractivity contribution is 0.0996. The molecular formula is C21H21N3O4. The molecule has 144 valence electrons. The van der Waals surface area contributed by atoms with Gasteiger partial charge in [0.1, 0.15) is 5.82 Å². The molecule has 28 heavy (non-hydrogen) atoms. The third-order valence-electron chi connectivity index (χ3n) is 4.82. The van der Waals surface area contributed by atoms with Gasteiger partial charge in [-0.25, -0.2) is 4.98 Å². The van der Waals surface area contributed by atoms with E-state index in [1.165, 1.54) is 17.4 Å². The van der Waals surface area contributed by atoms with Gasteiger partial charge in [0.05, 0.1) is 32.4 Å². The number of furan rings is 1. The number of nitrogens with zero attached hydrogens (tertiary/aromatic N) is 2. The lowest BCUT2D eigenvalue weighted by atomic mass is 9.98. The van der Waals surface area contributed by atoms with Gasteiger partial charge in [-0.2, -0.15) is 0 Å². The molecule has 0 fully saturated rings. The molecule has 7 heteroatoms. The summed E-state index contributed by atoms with van der Waals surface area (Å²) < 4.78 is 15.9. The molecule has 0 aliphatic carbocycles. The Morgan fingerprint density at radius 3 is 2.57 bits per heavy atom. The summed E-state index contributed by atoms with van der Waals surface area (Å²) in [5.41, 5.74) is 3.47. The molecule has 1 aromatic carbocycles. The fraction of sp³-hybridized carbons (Fsp3) is 0.238. The van der Waals surface area contributed by atoms with Crippen LogP contribution < -0.4 is 19.7 Å². The van der Waals surface area contributed by atoms with Crippen LogP contribution in [0.2, 0.25) is 0 Å². The van der Waals surface area contributed by atoms with Gasteiger partial charge >= 0.3 is 0 Å². The second-order valence-corrected chi connectivity index (χ2v) is 6.48. The number of carbonyl (C=O) groups excluding carboxylic acids is 1. The molecule has 0 atom stereocenters. The van der Waals surface area contributed by atoms with E-state index in [0.29, 0.717) is 5.82 Å². The van der Waals surface area contributed by atoms with Crippen LogP contribution in [0.15, 0.2) is 53.3 Å². The first-order valence-electron chi connectivity index (χ1n) is 8.97. The zero-order valence-corrected chi connectivity index (χ0v) is 15.8. The number of fused-ring (bicyclic) bond motifs is 1. The highest BCUT2D eigenvalue weighted by Crippen LogP contribution is 2.34. The summed E-state index contributed by atoms with van der Waals surface area (Å²) in [4.78, 5) is 18.6. The number of benzene rings is 1. The van der Waals surface area contributed by atoms with Gasteiger partial charge in [-0.05, 0) is 53.9 Å². The molecule has 0 unspecified atom stereocenters. The Morgan fingerprint density at radius 2 is 1.93 bits per heavy atom. The number of ether oxygens (including phenoxy) is 2. The van der Waals surface area contributed by atoms with Crippen molar-refractivity contribution in [2.45, 2.75) is 13.0 Å². The number of pyridine rings is 1. The fourth-order valence-corrected chi connectivity index (χ4v) is 3.34. The van der Waals surface area contributed by atoms with Crippen LogP contribution in [0.3, 0.4) is 0 Å². The Morgan fingerprint density at radius 1 is 1.14 bits per heavy atom. The Balaban J connectivity index is 1.47. The van der Waals surface area contributed by atoms with Gasteiger partial charge in [0.25, 0.3) is 5.91 Å². The highest BCUT2D eigenvalue weighted by Gasteiger charge is 2.20. The van der Waals surface area contributed by atoms with Gasteiger partial charge in [-0.1, -0.05) is 0 Å². The summed E-state index contributed by atoms with van der Waals surface area (Å²) in [6, 6.07) is 11.1. The lowest BCUT2D eigenvalue weighted by Crippen LogP contribution is -2.30. The van der Waals surface area contributed by atoms with Crippen LogP contribution in [-0.2, 0) is 13.0 Å². The second-order valence-electron chi connectivity index (χ2n) is 6.48. The van der Waals surface area contributed by atoms with Crippen molar-refractivity contribution >= 4 is 17.4 Å². The number of nitrogens with one attached hydrogen (secondary N) is 1. The van der Waals surface area contributed by atoms with Gasteiger partial charge in [0.2, 0.25) is 0 Å². The van der Waals surface area contributed by atoms with Crippen molar-refractivity contribution in [2.75, 3.05) is 31.0 Å². The second kappa shape index (κ2) is 7.64. The molecule has 3 heterocycles. The molecule has 0 saturated heterocycles. The lowest BCUT2D eigenvalue weighted by Gasteiger charge is -2.31. The van der Waals surface area contributed by atoms with Crippen LogP contribution in [0.25, 0.3) is 0 Å². The van der Waals surface area contributed by atoms with Crippen molar-refractivity contribution in [1.29, 1.82) is 0 Å².